The molecule has 0 amide bonds. The molecule has 202 valence electrons. The largest absolute Gasteiger partial charge is 0.212 e. The predicted octanol–water partition coefficient (Wildman–Crippen LogP) is 9.51. The molecule has 0 aliphatic carbocycles. The van der Waals surface area contributed by atoms with Gasteiger partial charge in [0, 0.05) is 47.9 Å². The fourth-order valence-electron chi connectivity index (χ4n) is 5.87. The van der Waals surface area contributed by atoms with Gasteiger partial charge in [-0.1, -0.05) is 101 Å². The van der Waals surface area contributed by atoms with Crippen LogP contribution in [0.5, 0.6) is 0 Å². The number of fused-ring (bicyclic) bond motifs is 2. The van der Waals surface area contributed by atoms with Crippen molar-refractivity contribution in [3.05, 3.63) is 85.2 Å². The van der Waals surface area contributed by atoms with Crippen molar-refractivity contribution in [1.82, 2.24) is 0 Å². The second-order valence-corrected chi connectivity index (χ2v) is 11.2. The summed E-state index contributed by atoms with van der Waals surface area (Å²) in [5.74, 6) is 0. The minimum atomic E-state index is 1.14. The number of hydrogen-bond donors (Lipinski definition) is 0. The molecule has 2 nitrogen and oxygen atoms in total. The van der Waals surface area contributed by atoms with Gasteiger partial charge in [0.15, 0.2) is 12.4 Å². The molecule has 2 aromatic carbocycles. The third kappa shape index (κ3) is 9.53. The van der Waals surface area contributed by atoms with Crippen molar-refractivity contribution in [3.8, 4) is 0 Å². The molecule has 2 heteroatoms. The highest BCUT2D eigenvalue weighted by atomic mass is 14.9. The lowest BCUT2D eigenvalue weighted by Gasteiger charge is -2.04. The highest BCUT2D eigenvalue weighted by Gasteiger charge is 2.07. The molecular formula is C36H50N2+2. The topological polar surface area (TPSA) is 7.76 Å². The lowest BCUT2D eigenvalue weighted by atomic mass is 10.0. The Morgan fingerprint density at radius 3 is 0.974 bits per heavy atom. The first-order valence-corrected chi connectivity index (χ1v) is 15.7. The van der Waals surface area contributed by atoms with Gasteiger partial charge in [-0.3, -0.25) is 0 Å². The van der Waals surface area contributed by atoms with Crippen molar-refractivity contribution in [2.24, 2.45) is 0 Å². The molecule has 0 spiro atoms. The maximum atomic E-state index is 2.42. The SMILES string of the molecule is c1ccc2c(c1)ccc[n+]2CCCCCCCCCCCCCCCCCC[n+]1cccc2ccccc21. The Morgan fingerprint density at radius 2 is 0.605 bits per heavy atom. The third-order valence-electron chi connectivity index (χ3n) is 8.12. The molecule has 0 aliphatic heterocycles. The van der Waals surface area contributed by atoms with Crippen LogP contribution in [0.3, 0.4) is 0 Å². The van der Waals surface area contributed by atoms with Gasteiger partial charge in [-0.05, 0) is 37.1 Å². The minimum absolute atomic E-state index is 1.14. The van der Waals surface area contributed by atoms with Crippen LogP contribution in [0.25, 0.3) is 21.8 Å². The van der Waals surface area contributed by atoms with E-state index in [-0.39, 0.29) is 0 Å². The fourth-order valence-corrected chi connectivity index (χ4v) is 5.87. The Bertz CT molecular complexity index is 1090. The van der Waals surface area contributed by atoms with E-state index in [1.165, 1.54) is 125 Å². The molecule has 38 heavy (non-hydrogen) atoms. The van der Waals surface area contributed by atoms with Gasteiger partial charge in [0.2, 0.25) is 11.0 Å². The monoisotopic (exact) mass is 510 g/mol. The normalized spacial score (nSPS) is 11.5. The summed E-state index contributed by atoms with van der Waals surface area (Å²) < 4.78 is 4.84. The van der Waals surface area contributed by atoms with Crippen LogP contribution in [-0.2, 0) is 13.1 Å². The van der Waals surface area contributed by atoms with E-state index in [0.29, 0.717) is 0 Å². The second-order valence-electron chi connectivity index (χ2n) is 11.2. The number of aromatic nitrogens is 2. The van der Waals surface area contributed by atoms with E-state index >= 15 is 0 Å². The second kappa shape index (κ2) is 17.0. The van der Waals surface area contributed by atoms with E-state index < -0.39 is 0 Å². The third-order valence-corrected chi connectivity index (χ3v) is 8.12. The Morgan fingerprint density at radius 1 is 0.316 bits per heavy atom. The molecule has 0 saturated carbocycles. The smallest absolute Gasteiger partial charge is 0.198 e. The van der Waals surface area contributed by atoms with E-state index in [1.807, 2.05) is 0 Å². The van der Waals surface area contributed by atoms with Crippen LogP contribution < -0.4 is 9.13 Å². The van der Waals surface area contributed by atoms with E-state index in [9.17, 15) is 0 Å². The first-order valence-electron chi connectivity index (χ1n) is 15.7. The summed E-state index contributed by atoms with van der Waals surface area (Å²) in [6.45, 7) is 2.29. The van der Waals surface area contributed by atoms with Crippen molar-refractivity contribution in [2.45, 2.75) is 116 Å². The van der Waals surface area contributed by atoms with Crippen molar-refractivity contribution in [3.63, 3.8) is 0 Å². The van der Waals surface area contributed by atoms with Gasteiger partial charge in [-0.25, -0.2) is 0 Å². The van der Waals surface area contributed by atoms with Crippen LogP contribution >= 0.6 is 0 Å². The van der Waals surface area contributed by atoms with Crippen molar-refractivity contribution in [2.75, 3.05) is 0 Å². The summed E-state index contributed by atoms with van der Waals surface area (Å²) >= 11 is 0. The van der Waals surface area contributed by atoms with Crippen LogP contribution in [0.15, 0.2) is 85.2 Å². The number of nitrogens with zero attached hydrogens (tertiary/aromatic N) is 2. The van der Waals surface area contributed by atoms with Gasteiger partial charge >= 0.3 is 0 Å². The summed E-state index contributed by atoms with van der Waals surface area (Å²) in [5.41, 5.74) is 2.73. The van der Waals surface area contributed by atoms with E-state index in [1.54, 1.807) is 0 Å². The summed E-state index contributed by atoms with van der Waals surface area (Å²) in [7, 11) is 0. The fraction of sp³-hybridized carbons (Fsp3) is 0.500. The number of aryl methyl sites for hydroxylation is 2. The van der Waals surface area contributed by atoms with Crippen LogP contribution in [-0.4, -0.2) is 0 Å². The molecule has 0 radical (unpaired) electrons. The Labute approximate surface area is 231 Å². The van der Waals surface area contributed by atoms with Gasteiger partial charge < -0.3 is 0 Å². The van der Waals surface area contributed by atoms with Crippen molar-refractivity contribution < 1.29 is 9.13 Å². The highest BCUT2D eigenvalue weighted by molar-refractivity contribution is 5.75. The molecule has 0 bridgehead atoms. The standard InChI is InChI=1S/C36H50N2/c1(3-5-7-9-11-13-19-29-37-31-21-25-33-23-15-17-27-35(33)37)2-4-6-8-10-12-14-20-30-38-32-22-26-34-24-16-18-28-36(34)38/h15-18,21-28,31-32H,1-14,19-20,29-30H2/q+2. The number of pyridine rings is 2. The zero-order valence-electron chi connectivity index (χ0n) is 23.7. The van der Waals surface area contributed by atoms with Gasteiger partial charge in [0.25, 0.3) is 0 Å². The molecule has 0 N–H and O–H groups in total. The summed E-state index contributed by atoms with van der Waals surface area (Å²) in [6, 6.07) is 26.2. The summed E-state index contributed by atoms with van der Waals surface area (Å²) in [5, 5.41) is 2.69. The number of unbranched alkanes of at least 4 members (excludes halogenated alkanes) is 15. The average Bonchev–Trinajstić information content (AvgIpc) is 2.96. The van der Waals surface area contributed by atoms with Crippen LogP contribution in [0, 0.1) is 0 Å². The molecule has 0 aliphatic rings. The maximum absolute atomic E-state index is 2.42. The number of hydrogen-bond acceptors (Lipinski definition) is 0. The number of para-hydroxylation sites is 2. The van der Waals surface area contributed by atoms with Gasteiger partial charge in [-0.2, -0.15) is 9.13 Å². The van der Waals surface area contributed by atoms with Crippen LogP contribution in [0.4, 0.5) is 0 Å². The average molecular weight is 511 g/mol. The Balaban J connectivity index is 0.900. The molecule has 2 heterocycles. The highest BCUT2D eigenvalue weighted by Crippen LogP contribution is 2.15. The molecule has 2 aromatic heterocycles. The van der Waals surface area contributed by atoms with E-state index in [4.69, 9.17) is 0 Å². The van der Waals surface area contributed by atoms with E-state index in [2.05, 4.69) is 94.3 Å². The summed E-state index contributed by atoms with van der Waals surface area (Å²) in [6.07, 6.45) is 26.9. The molecule has 4 rings (SSSR count). The van der Waals surface area contributed by atoms with Crippen LogP contribution in [0.2, 0.25) is 0 Å². The molecule has 0 unspecified atom stereocenters. The maximum Gasteiger partial charge on any atom is 0.212 e. The lowest BCUT2D eigenvalue weighted by Crippen LogP contribution is -2.33. The quantitative estimate of drug-likeness (QED) is 0.0876. The van der Waals surface area contributed by atoms with Gasteiger partial charge in [0.1, 0.15) is 13.1 Å². The first-order chi connectivity index (χ1) is 18.9. The molecule has 0 atom stereocenters. The molecule has 0 saturated heterocycles. The number of benzene rings is 2. The van der Waals surface area contributed by atoms with Crippen molar-refractivity contribution >= 4 is 21.8 Å². The zero-order valence-corrected chi connectivity index (χ0v) is 23.7. The predicted molar refractivity (Wildman–Crippen MR) is 162 cm³/mol. The summed E-state index contributed by atoms with van der Waals surface area (Å²) in [4.78, 5) is 0. The lowest BCUT2D eigenvalue weighted by molar-refractivity contribution is -0.672. The minimum Gasteiger partial charge on any atom is -0.198 e. The van der Waals surface area contributed by atoms with Gasteiger partial charge in [0.05, 0.1) is 0 Å². The Kier molecular flexibility index (Phi) is 12.6. The molecule has 0 fully saturated rings. The molecular weight excluding hydrogens is 460 g/mol. The van der Waals surface area contributed by atoms with Crippen molar-refractivity contribution in [1.29, 1.82) is 0 Å². The number of rotatable bonds is 19. The Hall–Kier alpha value is -2.74. The van der Waals surface area contributed by atoms with Gasteiger partial charge in [-0.15, -0.1) is 0 Å². The zero-order chi connectivity index (χ0) is 26.1. The molecule has 4 aromatic rings. The first kappa shape index (κ1) is 28.3. The van der Waals surface area contributed by atoms with E-state index in [0.717, 1.165) is 13.1 Å². The van der Waals surface area contributed by atoms with Crippen LogP contribution in [0.1, 0.15) is 103 Å².